The van der Waals surface area contributed by atoms with Crippen molar-refractivity contribution in [3.05, 3.63) is 65.2 Å². The highest BCUT2D eigenvalue weighted by Crippen LogP contribution is 2.40. The van der Waals surface area contributed by atoms with Crippen molar-refractivity contribution in [3.8, 4) is 5.69 Å². The molecule has 4 rings (SSSR count). The molecule has 0 unspecified atom stereocenters. The summed E-state index contributed by atoms with van der Waals surface area (Å²) in [7, 11) is 0. The second-order valence-corrected chi connectivity index (χ2v) is 8.36. The molecule has 0 bridgehead atoms. The van der Waals surface area contributed by atoms with Crippen LogP contribution >= 0.6 is 23.4 Å². The van der Waals surface area contributed by atoms with E-state index >= 15 is 0 Å². The van der Waals surface area contributed by atoms with Crippen LogP contribution in [0.1, 0.15) is 31.5 Å². The molecule has 0 aliphatic heterocycles. The zero-order valence-corrected chi connectivity index (χ0v) is 16.7. The molecule has 1 saturated carbocycles. The molecule has 144 valence electrons. The Kier molecular flexibility index (Phi) is 5.37. The van der Waals surface area contributed by atoms with E-state index < -0.39 is 11.1 Å². The van der Waals surface area contributed by atoms with E-state index in [4.69, 9.17) is 11.6 Å². The molecule has 1 aliphatic carbocycles. The van der Waals surface area contributed by atoms with E-state index in [0.29, 0.717) is 16.8 Å². The van der Waals surface area contributed by atoms with Gasteiger partial charge in [0.1, 0.15) is 11.6 Å². The van der Waals surface area contributed by atoms with Crippen molar-refractivity contribution in [1.82, 2.24) is 14.8 Å². The number of hydrogen-bond donors (Lipinski definition) is 1. The number of amides is 1. The fraction of sp³-hybridized carbons (Fsp3) is 0.250. The Bertz CT molecular complexity index is 1010. The van der Waals surface area contributed by atoms with E-state index in [1.54, 1.807) is 6.92 Å². The van der Waals surface area contributed by atoms with Crippen LogP contribution in [-0.4, -0.2) is 25.9 Å². The third-order valence-electron chi connectivity index (χ3n) is 4.40. The zero-order valence-electron chi connectivity index (χ0n) is 15.1. The summed E-state index contributed by atoms with van der Waals surface area (Å²) in [6.45, 7) is 1.78. The van der Waals surface area contributed by atoms with Gasteiger partial charge in [-0.15, -0.1) is 5.10 Å². The lowest BCUT2D eigenvalue weighted by molar-refractivity contribution is -0.115. The monoisotopic (exact) mass is 416 g/mol. The molecule has 1 heterocycles. The van der Waals surface area contributed by atoms with Crippen LogP contribution in [0.5, 0.6) is 0 Å². The van der Waals surface area contributed by atoms with Crippen molar-refractivity contribution in [1.29, 1.82) is 0 Å². The lowest BCUT2D eigenvalue weighted by Crippen LogP contribution is -2.22. The average molecular weight is 417 g/mol. The van der Waals surface area contributed by atoms with Crippen LogP contribution in [0.3, 0.4) is 0 Å². The van der Waals surface area contributed by atoms with Crippen LogP contribution in [-0.2, 0) is 4.79 Å². The predicted octanol–water partition coefficient (Wildman–Crippen LogP) is 5.06. The van der Waals surface area contributed by atoms with E-state index in [2.05, 4.69) is 15.4 Å². The highest BCUT2D eigenvalue weighted by atomic mass is 35.5. The van der Waals surface area contributed by atoms with Crippen molar-refractivity contribution >= 4 is 35.0 Å². The van der Waals surface area contributed by atoms with Gasteiger partial charge in [0.25, 0.3) is 0 Å². The normalized spacial score (nSPS) is 14.7. The van der Waals surface area contributed by atoms with Gasteiger partial charge in [0.2, 0.25) is 11.1 Å². The summed E-state index contributed by atoms with van der Waals surface area (Å²) in [6, 6.07) is 13.7. The molecule has 1 atom stereocenters. The molecule has 1 N–H and O–H groups in total. The van der Waals surface area contributed by atoms with Gasteiger partial charge < -0.3 is 5.32 Å². The van der Waals surface area contributed by atoms with Gasteiger partial charge in [-0.2, -0.15) is 0 Å². The van der Waals surface area contributed by atoms with Crippen molar-refractivity contribution < 1.29 is 9.18 Å². The van der Waals surface area contributed by atoms with Crippen LogP contribution < -0.4 is 5.32 Å². The van der Waals surface area contributed by atoms with Crippen LogP contribution in [0.25, 0.3) is 5.69 Å². The van der Waals surface area contributed by atoms with E-state index in [1.807, 2.05) is 35.0 Å². The molecule has 0 radical (unpaired) electrons. The fourth-order valence-electron chi connectivity index (χ4n) is 2.76. The Hall–Kier alpha value is -2.38. The van der Waals surface area contributed by atoms with E-state index in [-0.39, 0.29) is 10.9 Å². The molecule has 3 aromatic rings. The maximum Gasteiger partial charge on any atom is 0.237 e. The molecule has 1 fully saturated rings. The highest BCUT2D eigenvalue weighted by molar-refractivity contribution is 8.00. The van der Waals surface area contributed by atoms with Gasteiger partial charge in [-0.3, -0.25) is 4.79 Å². The first-order valence-electron chi connectivity index (χ1n) is 8.96. The van der Waals surface area contributed by atoms with Gasteiger partial charge in [0.05, 0.1) is 21.6 Å². The number of nitrogens with one attached hydrogen (secondary N) is 1. The number of benzene rings is 2. The highest BCUT2D eigenvalue weighted by Gasteiger charge is 2.31. The summed E-state index contributed by atoms with van der Waals surface area (Å²) in [4.78, 5) is 17.2. The van der Waals surface area contributed by atoms with Gasteiger partial charge >= 0.3 is 0 Å². The summed E-state index contributed by atoms with van der Waals surface area (Å²) in [5, 5.41) is 7.61. The summed E-state index contributed by atoms with van der Waals surface area (Å²) in [5.74, 6) is 0.656. The number of nitrogens with zero attached hydrogens (tertiary/aromatic N) is 3. The van der Waals surface area contributed by atoms with E-state index in [0.717, 1.165) is 24.4 Å². The van der Waals surface area contributed by atoms with Crippen LogP contribution in [0.4, 0.5) is 10.1 Å². The molecule has 0 spiro atoms. The quantitative estimate of drug-likeness (QED) is 0.571. The number of halogens is 2. The maximum atomic E-state index is 13.2. The summed E-state index contributed by atoms with van der Waals surface area (Å²) >= 11 is 7.27. The number of anilines is 1. The Balaban J connectivity index is 1.50. The maximum absolute atomic E-state index is 13.2. The van der Waals surface area contributed by atoms with Crippen LogP contribution in [0.2, 0.25) is 5.02 Å². The molecule has 8 heteroatoms. The Morgan fingerprint density at radius 3 is 2.71 bits per heavy atom. The largest absolute Gasteiger partial charge is 0.324 e. The lowest BCUT2D eigenvalue weighted by atomic mass is 10.3. The third kappa shape index (κ3) is 4.20. The van der Waals surface area contributed by atoms with Crippen LogP contribution in [0.15, 0.2) is 53.7 Å². The van der Waals surface area contributed by atoms with Gasteiger partial charge in [0.15, 0.2) is 0 Å². The number of aromatic nitrogens is 3. The molecular formula is C20H18ClFN4OS. The van der Waals surface area contributed by atoms with Crippen molar-refractivity contribution in [2.45, 2.75) is 36.1 Å². The third-order valence-corrected chi connectivity index (χ3v) is 5.66. The number of thioether (sulfide) groups is 1. The van der Waals surface area contributed by atoms with Gasteiger partial charge in [-0.1, -0.05) is 41.6 Å². The molecule has 2 aromatic carbocycles. The van der Waals surface area contributed by atoms with Crippen LogP contribution in [0, 0.1) is 5.82 Å². The molecule has 1 amide bonds. The molecule has 1 aliphatic rings. The van der Waals surface area contributed by atoms with Crippen molar-refractivity contribution in [2.24, 2.45) is 0 Å². The first-order chi connectivity index (χ1) is 13.5. The van der Waals surface area contributed by atoms with Gasteiger partial charge in [0, 0.05) is 5.92 Å². The second kappa shape index (κ2) is 7.93. The number of para-hydroxylation sites is 1. The minimum atomic E-state index is -0.450. The molecule has 1 aromatic heterocycles. The molecule has 28 heavy (non-hydrogen) atoms. The minimum absolute atomic E-state index is 0.160. The van der Waals surface area contributed by atoms with Gasteiger partial charge in [-0.05, 0) is 50.1 Å². The number of carbonyl (C=O) groups is 1. The topological polar surface area (TPSA) is 59.8 Å². The first kappa shape index (κ1) is 19.0. The fourth-order valence-corrected chi connectivity index (χ4v) is 3.73. The summed E-state index contributed by atoms with van der Waals surface area (Å²) in [6.07, 6.45) is 2.21. The Labute approximate surface area is 171 Å². The zero-order chi connectivity index (χ0) is 19.7. The smallest absolute Gasteiger partial charge is 0.237 e. The number of carbonyl (C=O) groups excluding carboxylic acids is 1. The van der Waals surface area contributed by atoms with E-state index in [9.17, 15) is 9.18 Å². The summed E-state index contributed by atoms with van der Waals surface area (Å²) < 4.78 is 15.0. The Morgan fingerprint density at radius 2 is 2.04 bits per heavy atom. The number of rotatable bonds is 6. The summed E-state index contributed by atoms with van der Waals surface area (Å²) in [5.41, 5.74) is 1.33. The van der Waals surface area contributed by atoms with E-state index in [1.165, 1.54) is 30.0 Å². The predicted molar refractivity (Wildman–Crippen MR) is 109 cm³/mol. The SMILES string of the molecule is C[C@@H](Sc1nc(C2CC2)n(-c2ccccc2)n1)C(=O)Nc1ccc(F)cc1Cl. The molecular weight excluding hydrogens is 399 g/mol. The average Bonchev–Trinajstić information content (AvgIpc) is 3.45. The Morgan fingerprint density at radius 1 is 1.29 bits per heavy atom. The minimum Gasteiger partial charge on any atom is -0.324 e. The first-order valence-corrected chi connectivity index (χ1v) is 10.2. The van der Waals surface area contributed by atoms with Crippen molar-refractivity contribution in [3.63, 3.8) is 0 Å². The standard InChI is InChI=1S/C20H18ClFN4OS/c1-12(19(27)23-17-10-9-14(22)11-16(17)21)28-20-24-18(13-7-8-13)26(25-20)15-5-3-2-4-6-15/h2-6,9-13H,7-8H2,1H3,(H,23,27)/t12-/m1/s1. The van der Waals surface area contributed by atoms with Crippen molar-refractivity contribution in [2.75, 3.05) is 5.32 Å². The molecule has 5 nitrogen and oxygen atoms in total. The second-order valence-electron chi connectivity index (χ2n) is 6.65. The van der Waals surface area contributed by atoms with Gasteiger partial charge in [-0.25, -0.2) is 14.1 Å². The molecule has 0 saturated heterocycles. The number of hydrogen-bond acceptors (Lipinski definition) is 4. The lowest BCUT2D eigenvalue weighted by Gasteiger charge is -2.11.